The Morgan fingerprint density at radius 3 is 2.85 bits per heavy atom. The Kier molecular flexibility index (Phi) is 4.54. The maximum atomic E-state index is 12.5. The van der Waals surface area contributed by atoms with Crippen molar-refractivity contribution in [3.8, 4) is 0 Å². The minimum absolute atomic E-state index is 0.0145. The van der Waals surface area contributed by atoms with E-state index in [0.717, 1.165) is 35.6 Å². The van der Waals surface area contributed by atoms with E-state index in [2.05, 4.69) is 38.7 Å². The molecule has 2 fully saturated rings. The molecule has 1 aromatic carbocycles. The van der Waals surface area contributed by atoms with Gasteiger partial charge < -0.3 is 5.32 Å². The van der Waals surface area contributed by atoms with Crippen LogP contribution in [0.4, 0.5) is 5.69 Å². The molecule has 4 rings (SSSR count). The molecule has 2 saturated carbocycles. The van der Waals surface area contributed by atoms with E-state index in [0.29, 0.717) is 16.4 Å². The normalized spacial score (nSPS) is 33.6. The second-order valence-electron chi connectivity index (χ2n) is 9.65. The third-order valence-corrected chi connectivity index (χ3v) is 7.88. The van der Waals surface area contributed by atoms with E-state index in [1.54, 1.807) is 0 Å². The second kappa shape index (κ2) is 6.51. The highest BCUT2D eigenvalue weighted by Crippen LogP contribution is 2.61. The summed E-state index contributed by atoms with van der Waals surface area (Å²) in [6.45, 7) is 11.8. The van der Waals surface area contributed by atoms with Crippen LogP contribution in [-0.2, 0) is 4.79 Å². The number of carbonyl (C=O) groups excluding carboxylic acids is 1. The summed E-state index contributed by atoms with van der Waals surface area (Å²) in [7, 11) is 0. The predicted molar refractivity (Wildman–Crippen MR) is 114 cm³/mol. The summed E-state index contributed by atoms with van der Waals surface area (Å²) in [4.78, 5) is 12.5. The van der Waals surface area contributed by atoms with Crippen molar-refractivity contribution in [3.05, 3.63) is 47.0 Å². The first kappa shape index (κ1) is 18.8. The third kappa shape index (κ3) is 3.06. The molecule has 2 aliphatic carbocycles. The molecule has 1 aromatic rings. The second-order valence-corrected chi connectivity index (χ2v) is 10.1. The van der Waals surface area contributed by atoms with Crippen LogP contribution in [-0.4, -0.2) is 5.91 Å². The van der Waals surface area contributed by atoms with Crippen molar-refractivity contribution < 1.29 is 4.79 Å². The summed E-state index contributed by atoms with van der Waals surface area (Å²) in [5.74, 6) is 1.17. The van der Waals surface area contributed by atoms with Crippen molar-refractivity contribution in [2.75, 3.05) is 5.32 Å². The van der Waals surface area contributed by atoms with Crippen LogP contribution >= 0.6 is 11.6 Å². The van der Waals surface area contributed by atoms with E-state index < -0.39 is 0 Å². The van der Waals surface area contributed by atoms with Gasteiger partial charge in [-0.15, -0.1) is 0 Å². The maximum absolute atomic E-state index is 12.5. The number of fused-ring (bicyclic) bond motifs is 2. The topological polar surface area (TPSA) is 29.1 Å². The first-order valence-corrected chi connectivity index (χ1v) is 10.6. The summed E-state index contributed by atoms with van der Waals surface area (Å²) < 4.78 is 0. The van der Waals surface area contributed by atoms with Gasteiger partial charge in [0.1, 0.15) is 0 Å². The molecule has 0 aromatic heterocycles. The molecule has 27 heavy (non-hydrogen) atoms. The fourth-order valence-electron chi connectivity index (χ4n) is 6.31. The van der Waals surface area contributed by atoms with Gasteiger partial charge in [-0.1, -0.05) is 63.1 Å². The molecule has 0 bridgehead atoms. The minimum Gasteiger partial charge on any atom is -0.321 e. The van der Waals surface area contributed by atoms with Crippen molar-refractivity contribution in [2.24, 2.45) is 22.7 Å². The number of amides is 1. The minimum atomic E-state index is -0.0145. The van der Waals surface area contributed by atoms with Crippen LogP contribution in [0.2, 0.25) is 5.02 Å². The third-order valence-electron chi connectivity index (χ3n) is 7.64. The van der Waals surface area contributed by atoms with Gasteiger partial charge in [-0.3, -0.25) is 4.79 Å². The quantitative estimate of drug-likeness (QED) is 0.438. The van der Waals surface area contributed by atoms with Crippen LogP contribution in [0.15, 0.2) is 36.4 Å². The Morgan fingerprint density at radius 1 is 1.30 bits per heavy atom. The highest BCUT2D eigenvalue weighted by Gasteiger charge is 2.52. The van der Waals surface area contributed by atoms with Gasteiger partial charge in [0.05, 0.1) is 5.69 Å². The summed E-state index contributed by atoms with van der Waals surface area (Å²) in [6.07, 6.45) is 9.32. The Labute approximate surface area is 168 Å². The van der Waals surface area contributed by atoms with Crippen LogP contribution in [0.25, 0.3) is 5.57 Å². The molecular weight excluding hydrogens is 354 g/mol. The van der Waals surface area contributed by atoms with Gasteiger partial charge in [0.15, 0.2) is 0 Å². The molecule has 144 valence electrons. The zero-order valence-electron chi connectivity index (χ0n) is 16.7. The summed E-state index contributed by atoms with van der Waals surface area (Å²) in [5, 5.41) is 3.60. The maximum Gasteiger partial charge on any atom is 0.256 e. The number of hydrogen-bond donors (Lipinski definition) is 1. The number of nitrogens with one attached hydrogen (secondary N) is 1. The van der Waals surface area contributed by atoms with E-state index in [1.165, 1.54) is 31.3 Å². The van der Waals surface area contributed by atoms with Crippen LogP contribution in [0.3, 0.4) is 0 Å². The van der Waals surface area contributed by atoms with Crippen molar-refractivity contribution in [1.29, 1.82) is 0 Å². The lowest BCUT2D eigenvalue weighted by molar-refractivity contribution is -0.110. The molecule has 1 heterocycles. The largest absolute Gasteiger partial charge is 0.321 e. The van der Waals surface area contributed by atoms with Gasteiger partial charge in [-0.2, -0.15) is 0 Å². The Balaban J connectivity index is 1.65. The van der Waals surface area contributed by atoms with E-state index in [9.17, 15) is 4.79 Å². The molecular formula is C24H30ClNO. The number of halogens is 1. The highest BCUT2D eigenvalue weighted by atomic mass is 35.5. The molecule has 0 saturated heterocycles. The van der Waals surface area contributed by atoms with Gasteiger partial charge >= 0.3 is 0 Å². The van der Waals surface area contributed by atoms with Crippen molar-refractivity contribution in [1.82, 2.24) is 0 Å². The first-order valence-electron chi connectivity index (χ1n) is 10.2. The van der Waals surface area contributed by atoms with Crippen molar-refractivity contribution in [3.63, 3.8) is 0 Å². The fraction of sp³-hybridized carbons (Fsp3) is 0.542. The van der Waals surface area contributed by atoms with E-state index >= 15 is 0 Å². The number of rotatable bonds is 2. The van der Waals surface area contributed by atoms with E-state index in [-0.39, 0.29) is 11.3 Å². The number of allylic oxidation sites excluding steroid dienone is 2. The zero-order chi connectivity index (χ0) is 19.4. The van der Waals surface area contributed by atoms with E-state index in [1.807, 2.05) is 18.2 Å². The average Bonchev–Trinajstić information content (AvgIpc) is 2.88. The molecule has 0 radical (unpaired) electrons. The summed E-state index contributed by atoms with van der Waals surface area (Å²) >= 11 is 6.08. The van der Waals surface area contributed by atoms with Gasteiger partial charge in [-0.25, -0.2) is 0 Å². The van der Waals surface area contributed by atoms with E-state index in [4.69, 9.17) is 11.6 Å². The molecule has 0 spiro atoms. The molecule has 1 aliphatic heterocycles. The van der Waals surface area contributed by atoms with Crippen LogP contribution in [0.1, 0.15) is 64.9 Å². The van der Waals surface area contributed by atoms with Gasteiger partial charge in [-0.05, 0) is 66.9 Å². The Hall–Kier alpha value is -1.54. The summed E-state index contributed by atoms with van der Waals surface area (Å²) in [5.41, 5.74) is 4.63. The smallest absolute Gasteiger partial charge is 0.256 e. The number of hydrogen-bond acceptors (Lipinski definition) is 1. The number of benzene rings is 1. The van der Waals surface area contributed by atoms with Crippen LogP contribution in [0, 0.1) is 22.7 Å². The monoisotopic (exact) mass is 383 g/mol. The molecule has 0 unspecified atom stereocenters. The molecule has 1 N–H and O–H groups in total. The SMILES string of the molecule is C=C1CC[C@H]2C(C)(C)CCC[C@]2(C)[C@H]1C/C=C1\C(=O)Nc2cc(Cl)ccc21. The molecule has 3 heteroatoms. The first-order chi connectivity index (χ1) is 12.7. The standard InChI is InChI=1S/C24H30ClNO/c1-15-6-11-21-23(2,3)12-5-13-24(21,4)19(15)10-9-18-17-8-7-16(25)14-20(17)26-22(18)27/h7-9,14,19,21H,1,5-6,10-13H2,2-4H3,(H,26,27)/b18-9-/t19-,21-,24+/m0/s1. The Bertz CT molecular complexity index is 837. The lowest BCUT2D eigenvalue weighted by Crippen LogP contribution is -2.49. The van der Waals surface area contributed by atoms with Crippen molar-refractivity contribution >= 4 is 28.8 Å². The van der Waals surface area contributed by atoms with Gasteiger partial charge in [0, 0.05) is 16.2 Å². The molecule has 1 amide bonds. The molecule has 2 nitrogen and oxygen atoms in total. The number of anilines is 1. The lowest BCUT2D eigenvalue weighted by atomic mass is 9.47. The van der Waals surface area contributed by atoms with Crippen molar-refractivity contribution in [2.45, 2.75) is 59.3 Å². The number of carbonyl (C=O) groups is 1. The van der Waals surface area contributed by atoms with Gasteiger partial charge in [0.25, 0.3) is 5.91 Å². The summed E-state index contributed by atoms with van der Waals surface area (Å²) in [6, 6.07) is 5.64. The van der Waals surface area contributed by atoms with Gasteiger partial charge in [0.2, 0.25) is 0 Å². The van der Waals surface area contributed by atoms with Crippen LogP contribution in [0.5, 0.6) is 0 Å². The zero-order valence-corrected chi connectivity index (χ0v) is 17.5. The fourth-order valence-corrected chi connectivity index (χ4v) is 6.49. The molecule has 3 atom stereocenters. The predicted octanol–water partition coefficient (Wildman–Crippen LogP) is 6.86. The van der Waals surface area contributed by atoms with Crippen LogP contribution < -0.4 is 5.32 Å². The average molecular weight is 384 g/mol. The molecule has 3 aliphatic rings. The Morgan fingerprint density at radius 2 is 2.07 bits per heavy atom. The highest BCUT2D eigenvalue weighted by molar-refractivity contribution is 6.34. The lowest BCUT2D eigenvalue weighted by Gasteiger charge is -2.58.